The predicted molar refractivity (Wildman–Crippen MR) is 117 cm³/mol. The first-order chi connectivity index (χ1) is 12.9. The van der Waals surface area contributed by atoms with Crippen LogP contribution in [0.1, 0.15) is 0 Å². The van der Waals surface area contributed by atoms with E-state index < -0.39 is 7.14 Å². The highest BCUT2D eigenvalue weighted by atomic mass is 31.2. The Labute approximate surface area is 157 Å². The van der Waals surface area contributed by atoms with E-state index in [1.165, 1.54) is 21.4 Å². The molecule has 4 rings (SSSR count). The van der Waals surface area contributed by atoms with Crippen molar-refractivity contribution in [1.82, 2.24) is 0 Å². The average molecular weight is 350 g/mol. The molecule has 0 saturated heterocycles. The van der Waals surface area contributed by atoms with Gasteiger partial charge < -0.3 is 0 Å². The highest BCUT2D eigenvalue weighted by Crippen LogP contribution is 2.53. The zero-order valence-corrected chi connectivity index (χ0v) is 15.5. The highest BCUT2D eigenvalue weighted by Gasteiger charge is 2.46. The summed E-state index contributed by atoms with van der Waals surface area (Å²) < 4.78 is 0. The smallest absolute Gasteiger partial charge is 0.0642 e. The van der Waals surface area contributed by atoms with Gasteiger partial charge >= 0.3 is 7.00 Å². The van der Waals surface area contributed by atoms with Crippen molar-refractivity contribution < 1.29 is 0 Å². The van der Waals surface area contributed by atoms with E-state index in [4.69, 9.17) is 0 Å². The second-order valence-electron chi connectivity index (χ2n) is 6.27. The van der Waals surface area contributed by atoms with E-state index in [9.17, 15) is 0 Å². The summed E-state index contributed by atoms with van der Waals surface area (Å²) in [6, 6.07) is 43.5. The Balaban J connectivity index is 2.00. The fourth-order valence-electron chi connectivity index (χ4n) is 3.42. The second kappa shape index (κ2) is 7.73. The maximum atomic E-state index is 2.49. The summed E-state index contributed by atoms with van der Waals surface area (Å²) >= 11 is 0. The highest BCUT2D eigenvalue weighted by molar-refractivity contribution is 8.17. The summed E-state index contributed by atoms with van der Waals surface area (Å²) in [5.41, 5.74) is 1.26. The van der Waals surface area contributed by atoms with E-state index in [-0.39, 0.29) is 0 Å². The van der Waals surface area contributed by atoms with Crippen molar-refractivity contribution in [2.75, 3.05) is 0 Å². The molecule has 0 nitrogen and oxygen atoms in total. The molecule has 0 heterocycles. The third kappa shape index (κ3) is 3.23. The largest absolute Gasteiger partial charge is 0.412 e. The zero-order chi connectivity index (χ0) is 17.7. The number of rotatable bonds is 5. The van der Waals surface area contributed by atoms with Gasteiger partial charge in [0.15, 0.2) is 0 Å². The monoisotopic (exact) mass is 350 g/mol. The molecule has 0 aliphatic heterocycles. The van der Waals surface area contributed by atoms with Gasteiger partial charge in [-0.2, -0.15) is 0 Å². The van der Waals surface area contributed by atoms with E-state index in [1.807, 2.05) is 0 Å². The van der Waals surface area contributed by atoms with Crippen LogP contribution >= 0.6 is 7.14 Å². The molecule has 0 amide bonds. The van der Waals surface area contributed by atoms with Gasteiger partial charge in [-0.1, -0.05) is 84.9 Å². The van der Waals surface area contributed by atoms with Crippen molar-refractivity contribution in [3.63, 3.8) is 0 Å². The van der Waals surface area contributed by atoms with Crippen LogP contribution in [0.5, 0.6) is 0 Å². The van der Waals surface area contributed by atoms with Gasteiger partial charge in [-0.3, -0.25) is 0 Å². The lowest BCUT2D eigenvalue weighted by molar-refractivity contribution is 1.73. The molecule has 0 unspecified atom stereocenters. The van der Waals surface area contributed by atoms with Gasteiger partial charge in [0.2, 0.25) is 0 Å². The first kappa shape index (κ1) is 16.8. The fourth-order valence-corrected chi connectivity index (χ4v) is 7.31. The van der Waals surface area contributed by atoms with Gasteiger partial charge in [0.05, 0.1) is 23.1 Å². The SMILES string of the molecule is [B](c1ccccc1)[P+](c1ccccc1)(c1ccccc1)c1ccccc1. The number of hydrogen-bond donors (Lipinski definition) is 0. The van der Waals surface area contributed by atoms with Gasteiger partial charge in [-0.25, -0.2) is 0 Å². The van der Waals surface area contributed by atoms with Crippen molar-refractivity contribution in [2.45, 2.75) is 0 Å². The minimum absolute atomic E-state index is 1.26. The molecule has 0 N–H and O–H groups in total. The van der Waals surface area contributed by atoms with E-state index >= 15 is 0 Å². The van der Waals surface area contributed by atoms with Gasteiger partial charge in [-0.05, 0) is 41.9 Å². The van der Waals surface area contributed by atoms with Crippen LogP contribution in [0, 0.1) is 0 Å². The Bertz CT molecular complexity index is 842. The lowest BCUT2D eigenvalue weighted by Gasteiger charge is -2.27. The first-order valence-corrected chi connectivity index (χ1v) is 10.7. The van der Waals surface area contributed by atoms with Crippen LogP contribution in [0.25, 0.3) is 0 Å². The normalized spacial score (nSPS) is 11.1. The summed E-state index contributed by atoms with van der Waals surface area (Å²) in [5, 5.41) is 4.13. The Hall–Kier alpha value is -2.63. The predicted octanol–water partition coefficient (Wildman–Crippen LogP) is 3.93. The summed E-state index contributed by atoms with van der Waals surface area (Å²) in [7, 11) is -1.90. The molecule has 0 aliphatic rings. The third-order valence-electron chi connectivity index (χ3n) is 4.63. The molecule has 2 heteroatoms. The molecular formula is C24H20BP+. The lowest BCUT2D eigenvalue weighted by Crippen LogP contribution is -2.39. The Kier molecular flexibility index (Phi) is 5.00. The second-order valence-corrected chi connectivity index (χ2v) is 9.52. The van der Waals surface area contributed by atoms with Gasteiger partial charge in [0.25, 0.3) is 0 Å². The topological polar surface area (TPSA) is 0 Å². The molecular weight excluding hydrogens is 330 g/mol. The summed E-state index contributed by atoms with van der Waals surface area (Å²) in [6.45, 7) is 2.49. The van der Waals surface area contributed by atoms with Gasteiger partial charge in [0, 0.05) is 0 Å². The Morgan fingerprint density at radius 1 is 0.385 bits per heavy atom. The lowest BCUT2D eigenvalue weighted by atomic mass is 9.95. The van der Waals surface area contributed by atoms with Crippen LogP contribution < -0.4 is 21.4 Å². The van der Waals surface area contributed by atoms with Crippen molar-refractivity contribution in [1.29, 1.82) is 0 Å². The van der Waals surface area contributed by atoms with Crippen molar-refractivity contribution in [2.24, 2.45) is 0 Å². The standard InChI is InChI=1S/C24H20BP/c1-5-13-21(14-6-1)25-26(22-15-7-2-8-16-22,23-17-9-3-10-18-23)24-19-11-4-12-20-24/h1-20H/q+1. The quantitative estimate of drug-likeness (QED) is 0.378. The van der Waals surface area contributed by atoms with Crippen LogP contribution in [0.2, 0.25) is 0 Å². The molecule has 4 aromatic carbocycles. The van der Waals surface area contributed by atoms with E-state index in [2.05, 4.69) is 128 Å². The van der Waals surface area contributed by atoms with E-state index in [1.54, 1.807) is 0 Å². The minimum Gasteiger partial charge on any atom is -0.0642 e. The molecule has 123 valence electrons. The fraction of sp³-hybridized carbons (Fsp3) is 0. The maximum Gasteiger partial charge on any atom is 0.412 e. The third-order valence-corrected chi connectivity index (χ3v) is 8.66. The molecule has 4 aromatic rings. The van der Waals surface area contributed by atoms with Crippen molar-refractivity contribution in [3.05, 3.63) is 121 Å². The summed E-state index contributed by atoms with van der Waals surface area (Å²) in [5.74, 6) is 0. The number of benzene rings is 4. The molecule has 26 heavy (non-hydrogen) atoms. The van der Waals surface area contributed by atoms with E-state index in [0.717, 1.165) is 0 Å². The van der Waals surface area contributed by atoms with Crippen LogP contribution in [0.3, 0.4) is 0 Å². The number of hydrogen-bond acceptors (Lipinski definition) is 0. The molecule has 0 spiro atoms. The average Bonchev–Trinajstić information content (AvgIpc) is 2.75. The molecule has 0 bridgehead atoms. The van der Waals surface area contributed by atoms with Gasteiger partial charge in [-0.15, -0.1) is 0 Å². The molecule has 0 atom stereocenters. The maximum absolute atomic E-state index is 2.49. The van der Waals surface area contributed by atoms with E-state index in [0.29, 0.717) is 0 Å². The molecule has 0 aliphatic carbocycles. The van der Waals surface area contributed by atoms with Gasteiger partial charge in [0.1, 0.15) is 0 Å². The Morgan fingerprint density at radius 3 is 1.04 bits per heavy atom. The van der Waals surface area contributed by atoms with Crippen molar-refractivity contribution >= 4 is 35.5 Å². The molecule has 0 aromatic heterocycles. The molecule has 0 saturated carbocycles. The molecule has 1 radical (unpaired) electrons. The van der Waals surface area contributed by atoms with Crippen molar-refractivity contribution in [3.8, 4) is 0 Å². The van der Waals surface area contributed by atoms with Crippen LogP contribution in [-0.2, 0) is 0 Å². The summed E-state index contributed by atoms with van der Waals surface area (Å²) in [6.07, 6.45) is 0. The zero-order valence-electron chi connectivity index (χ0n) is 14.6. The van der Waals surface area contributed by atoms with Crippen LogP contribution in [0.15, 0.2) is 121 Å². The van der Waals surface area contributed by atoms with Crippen LogP contribution in [-0.4, -0.2) is 7.00 Å². The first-order valence-electron chi connectivity index (χ1n) is 8.86. The van der Waals surface area contributed by atoms with Crippen LogP contribution in [0.4, 0.5) is 0 Å². The molecule has 0 fully saturated rings. The summed E-state index contributed by atoms with van der Waals surface area (Å²) in [4.78, 5) is 0. The minimum atomic E-state index is -1.90. The Morgan fingerprint density at radius 2 is 0.692 bits per heavy atom.